The van der Waals surface area contributed by atoms with Crippen LogP contribution < -0.4 is 5.32 Å². The van der Waals surface area contributed by atoms with Gasteiger partial charge in [0.2, 0.25) is 5.91 Å². The molecular formula is C24H27ClN4OS. The van der Waals surface area contributed by atoms with Gasteiger partial charge in [-0.1, -0.05) is 80.5 Å². The number of nitrogens with one attached hydrogen (secondary N) is 1. The Kier molecular flexibility index (Phi) is 7.23. The Labute approximate surface area is 192 Å². The molecule has 3 aromatic rings. The minimum absolute atomic E-state index is 0.0863. The van der Waals surface area contributed by atoms with Crippen molar-refractivity contribution in [3.63, 3.8) is 0 Å². The monoisotopic (exact) mass is 454 g/mol. The number of aromatic nitrogens is 3. The van der Waals surface area contributed by atoms with Gasteiger partial charge in [-0.2, -0.15) is 0 Å². The van der Waals surface area contributed by atoms with E-state index < -0.39 is 0 Å². The average molecular weight is 455 g/mol. The zero-order valence-corrected chi connectivity index (χ0v) is 19.8. The smallest absolute Gasteiger partial charge is 0.234 e. The quantitative estimate of drug-likeness (QED) is 0.345. The average Bonchev–Trinajstić information content (AvgIpc) is 3.11. The highest BCUT2D eigenvalue weighted by atomic mass is 35.5. The summed E-state index contributed by atoms with van der Waals surface area (Å²) < 4.78 is 1.97. The van der Waals surface area contributed by atoms with Crippen molar-refractivity contribution in [2.24, 2.45) is 0 Å². The van der Waals surface area contributed by atoms with Gasteiger partial charge in [0.1, 0.15) is 0 Å². The number of carbonyl (C=O) groups is 1. The SMILES string of the molecule is C=CCn1c(SCC(=O)Nc2cc(Cl)ccc2C)nnc1-c1ccc(C(C)(C)C)cc1. The number of thioether (sulfide) groups is 1. The number of hydrogen-bond donors (Lipinski definition) is 1. The normalized spacial score (nSPS) is 11.4. The van der Waals surface area contributed by atoms with Gasteiger partial charge in [-0.25, -0.2) is 0 Å². The number of benzene rings is 2. The number of anilines is 1. The predicted octanol–water partition coefficient (Wildman–Crippen LogP) is 6.12. The van der Waals surface area contributed by atoms with E-state index in [0.717, 1.165) is 17.0 Å². The maximum atomic E-state index is 12.5. The Morgan fingerprint density at radius 1 is 1.19 bits per heavy atom. The second kappa shape index (κ2) is 9.71. The molecule has 0 atom stereocenters. The van der Waals surface area contributed by atoms with Gasteiger partial charge in [0.05, 0.1) is 5.75 Å². The summed E-state index contributed by atoms with van der Waals surface area (Å²) in [6.07, 6.45) is 1.80. The van der Waals surface area contributed by atoms with E-state index in [2.05, 4.69) is 67.1 Å². The van der Waals surface area contributed by atoms with Crippen LogP contribution in [0.15, 0.2) is 60.3 Å². The minimum atomic E-state index is -0.125. The lowest BCUT2D eigenvalue weighted by atomic mass is 9.87. The van der Waals surface area contributed by atoms with Gasteiger partial charge in [-0.15, -0.1) is 16.8 Å². The molecule has 0 unspecified atom stereocenters. The van der Waals surface area contributed by atoms with Gasteiger partial charge in [0.15, 0.2) is 11.0 Å². The molecule has 1 heterocycles. The van der Waals surface area contributed by atoms with Crippen LogP contribution in [-0.4, -0.2) is 26.4 Å². The van der Waals surface area contributed by atoms with E-state index in [4.69, 9.17) is 11.6 Å². The van der Waals surface area contributed by atoms with Crippen LogP contribution in [0.5, 0.6) is 0 Å². The van der Waals surface area contributed by atoms with Crippen molar-refractivity contribution in [1.29, 1.82) is 0 Å². The fourth-order valence-corrected chi connectivity index (χ4v) is 3.99. The number of allylic oxidation sites excluding steroid dienone is 1. The molecule has 31 heavy (non-hydrogen) atoms. The fourth-order valence-electron chi connectivity index (χ4n) is 3.07. The van der Waals surface area contributed by atoms with Crippen molar-refractivity contribution in [3.05, 3.63) is 71.3 Å². The molecule has 0 radical (unpaired) electrons. The molecule has 1 N–H and O–H groups in total. The van der Waals surface area contributed by atoms with Gasteiger partial charge in [-0.05, 0) is 35.6 Å². The Bertz CT molecular complexity index is 1080. The molecule has 3 rings (SSSR count). The van der Waals surface area contributed by atoms with Crippen LogP contribution in [0, 0.1) is 6.92 Å². The standard InChI is InChI=1S/C24H27ClN4OS/c1-6-13-29-22(17-8-10-18(11-9-17)24(3,4)5)27-28-23(29)31-15-21(30)26-20-14-19(25)12-7-16(20)2/h6-12,14H,1,13,15H2,2-5H3,(H,26,30). The number of aryl methyl sites for hydroxylation is 1. The van der Waals surface area contributed by atoms with Crippen molar-refractivity contribution in [3.8, 4) is 11.4 Å². The van der Waals surface area contributed by atoms with Crippen molar-refractivity contribution in [1.82, 2.24) is 14.8 Å². The van der Waals surface area contributed by atoms with Gasteiger partial charge in [0, 0.05) is 22.8 Å². The number of rotatable bonds is 7. The molecule has 0 aliphatic heterocycles. The number of carbonyl (C=O) groups excluding carboxylic acids is 1. The molecule has 0 saturated carbocycles. The lowest BCUT2D eigenvalue weighted by Crippen LogP contribution is -2.15. The topological polar surface area (TPSA) is 59.8 Å². The molecule has 162 valence electrons. The lowest BCUT2D eigenvalue weighted by Gasteiger charge is -2.19. The molecule has 0 fully saturated rings. The van der Waals surface area contributed by atoms with E-state index in [9.17, 15) is 4.79 Å². The van der Waals surface area contributed by atoms with Crippen LogP contribution in [0.3, 0.4) is 0 Å². The molecule has 0 aliphatic carbocycles. The second-order valence-corrected chi connectivity index (χ2v) is 9.71. The first-order valence-electron chi connectivity index (χ1n) is 10.0. The highest BCUT2D eigenvalue weighted by Crippen LogP contribution is 2.28. The van der Waals surface area contributed by atoms with E-state index in [1.54, 1.807) is 18.2 Å². The van der Waals surface area contributed by atoms with Gasteiger partial charge < -0.3 is 5.32 Å². The first kappa shape index (κ1) is 23.1. The van der Waals surface area contributed by atoms with Crippen LogP contribution in [0.2, 0.25) is 5.02 Å². The minimum Gasteiger partial charge on any atom is -0.325 e. The number of amides is 1. The van der Waals surface area contributed by atoms with E-state index in [0.29, 0.717) is 22.4 Å². The van der Waals surface area contributed by atoms with Crippen LogP contribution in [0.25, 0.3) is 11.4 Å². The summed E-state index contributed by atoms with van der Waals surface area (Å²) in [5.74, 6) is 0.845. The summed E-state index contributed by atoms with van der Waals surface area (Å²) in [7, 11) is 0. The summed E-state index contributed by atoms with van der Waals surface area (Å²) >= 11 is 7.38. The first-order chi connectivity index (χ1) is 14.7. The Balaban J connectivity index is 1.75. The fraction of sp³-hybridized carbons (Fsp3) is 0.292. The summed E-state index contributed by atoms with van der Waals surface area (Å²) in [4.78, 5) is 12.5. The molecule has 0 aliphatic rings. The van der Waals surface area contributed by atoms with Crippen LogP contribution in [0.1, 0.15) is 31.9 Å². The zero-order valence-electron chi connectivity index (χ0n) is 18.3. The van der Waals surface area contributed by atoms with Crippen molar-refractivity contribution in [2.75, 3.05) is 11.1 Å². The molecule has 1 aromatic heterocycles. The predicted molar refractivity (Wildman–Crippen MR) is 130 cm³/mol. The third-order valence-corrected chi connectivity index (χ3v) is 6.05. The Morgan fingerprint density at radius 2 is 1.90 bits per heavy atom. The molecular weight excluding hydrogens is 428 g/mol. The third-order valence-electron chi connectivity index (χ3n) is 4.84. The highest BCUT2D eigenvalue weighted by molar-refractivity contribution is 7.99. The second-order valence-electron chi connectivity index (χ2n) is 8.33. The van der Waals surface area contributed by atoms with Gasteiger partial charge in [-0.3, -0.25) is 9.36 Å². The molecule has 0 spiro atoms. The van der Waals surface area contributed by atoms with Crippen molar-refractivity contribution < 1.29 is 4.79 Å². The number of hydrogen-bond acceptors (Lipinski definition) is 4. The summed E-state index contributed by atoms with van der Waals surface area (Å²) in [5.41, 5.74) is 3.99. The number of nitrogens with zero attached hydrogens (tertiary/aromatic N) is 3. The lowest BCUT2D eigenvalue weighted by molar-refractivity contribution is -0.113. The molecule has 0 saturated heterocycles. The van der Waals surface area contributed by atoms with Crippen LogP contribution in [0.4, 0.5) is 5.69 Å². The largest absolute Gasteiger partial charge is 0.325 e. The van der Waals surface area contributed by atoms with E-state index in [1.165, 1.54) is 17.3 Å². The third kappa shape index (κ3) is 5.77. The summed E-state index contributed by atoms with van der Waals surface area (Å²) in [6.45, 7) is 12.9. The van der Waals surface area contributed by atoms with E-state index >= 15 is 0 Å². The van der Waals surface area contributed by atoms with Gasteiger partial charge in [0.25, 0.3) is 0 Å². The van der Waals surface area contributed by atoms with Crippen LogP contribution in [-0.2, 0) is 16.8 Å². The summed E-state index contributed by atoms with van der Waals surface area (Å²) in [6, 6.07) is 13.8. The van der Waals surface area contributed by atoms with Crippen molar-refractivity contribution >= 4 is 35.0 Å². The van der Waals surface area contributed by atoms with E-state index in [-0.39, 0.29) is 17.1 Å². The van der Waals surface area contributed by atoms with Crippen LogP contribution >= 0.6 is 23.4 Å². The van der Waals surface area contributed by atoms with Crippen molar-refractivity contribution in [2.45, 2.75) is 44.8 Å². The molecule has 7 heteroatoms. The Hall–Kier alpha value is -2.57. The maximum absolute atomic E-state index is 12.5. The molecule has 0 bridgehead atoms. The van der Waals surface area contributed by atoms with Gasteiger partial charge >= 0.3 is 0 Å². The highest BCUT2D eigenvalue weighted by Gasteiger charge is 2.17. The molecule has 2 aromatic carbocycles. The Morgan fingerprint density at radius 3 is 2.55 bits per heavy atom. The number of halogens is 1. The summed E-state index contributed by atoms with van der Waals surface area (Å²) in [5, 5.41) is 12.9. The molecule has 5 nitrogen and oxygen atoms in total. The first-order valence-corrected chi connectivity index (χ1v) is 11.4. The van der Waals surface area contributed by atoms with E-state index in [1.807, 2.05) is 17.6 Å². The molecule has 1 amide bonds. The maximum Gasteiger partial charge on any atom is 0.234 e. The zero-order chi connectivity index (χ0) is 22.6.